The van der Waals surface area contributed by atoms with Crippen molar-refractivity contribution in [3.8, 4) is 11.5 Å². The van der Waals surface area contributed by atoms with Gasteiger partial charge in [0, 0.05) is 11.1 Å². The Bertz CT molecular complexity index is 713. The number of ketones is 1. The molecule has 0 bridgehead atoms. The van der Waals surface area contributed by atoms with Crippen molar-refractivity contribution in [2.75, 3.05) is 14.2 Å². The van der Waals surface area contributed by atoms with Crippen LogP contribution in [-0.4, -0.2) is 20.0 Å². The van der Waals surface area contributed by atoms with Gasteiger partial charge in [0.15, 0.2) is 5.78 Å². The van der Waals surface area contributed by atoms with Crippen molar-refractivity contribution >= 4 is 17.9 Å². The van der Waals surface area contributed by atoms with Gasteiger partial charge in [0.2, 0.25) is 0 Å². The maximum atomic E-state index is 12.6. The summed E-state index contributed by atoms with van der Waals surface area (Å²) in [6, 6.07) is 15.5. The lowest BCUT2D eigenvalue weighted by Gasteiger charge is -2.01. The number of carbonyl (C=O) groups excluding carboxylic acids is 1. The first kappa shape index (κ1) is 16.1. The molecule has 0 heterocycles. The zero-order valence-electron chi connectivity index (χ0n) is 13.9. The number of allylic oxidation sites excluding steroid dienone is 2. The lowest BCUT2D eigenvalue weighted by molar-refractivity contribution is -0.111. The average Bonchev–Trinajstić information content (AvgIpc) is 2.96. The van der Waals surface area contributed by atoms with Gasteiger partial charge in [-0.15, -0.1) is 0 Å². The Balaban J connectivity index is 1.78. The van der Waals surface area contributed by atoms with E-state index in [9.17, 15) is 4.79 Å². The van der Waals surface area contributed by atoms with Crippen LogP contribution in [0, 0.1) is 0 Å². The Labute approximate surface area is 142 Å². The first-order chi connectivity index (χ1) is 11.7. The Morgan fingerprint density at radius 1 is 0.708 bits per heavy atom. The number of carbonyl (C=O) groups is 1. The van der Waals surface area contributed by atoms with Gasteiger partial charge >= 0.3 is 0 Å². The fraction of sp³-hybridized carbons (Fsp3) is 0.190. The molecule has 0 N–H and O–H groups in total. The van der Waals surface area contributed by atoms with E-state index in [0.29, 0.717) is 0 Å². The number of Topliss-reactive ketones (excluding diaryl/α,β-unsaturated/α-hetero) is 1. The monoisotopic (exact) mass is 320 g/mol. The second-order valence-corrected chi connectivity index (χ2v) is 5.71. The van der Waals surface area contributed by atoms with Gasteiger partial charge < -0.3 is 9.47 Å². The van der Waals surface area contributed by atoms with Gasteiger partial charge in [0.05, 0.1) is 14.2 Å². The van der Waals surface area contributed by atoms with Crippen LogP contribution in [0.5, 0.6) is 11.5 Å². The van der Waals surface area contributed by atoms with Crippen LogP contribution in [0.3, 0.4) is 0 Å². The fourth-order valence-corrected chi connectivity index (χ4v) is 2.78. The third-order valence-electron chi connectivity index (χ3n) is 4.16. The lowest BCUT2D eigenvalue weighted by atomic mass is 10.1. The Morgan fingerprint density at radius 3 is 1.42 bits per heavy atom. The van der Waals surface area contributed by atoms with Crippen molar-refractivity contribution < 1.29 is 14.3 Å². The third-order valence-corrected chi connectivity index (χ3v) is 4.16. The van der Waals surface area contributed by atoms with Crippen molar-refractivity contribution in [1.29, 1.82) is 0 Å². The van der Waals surface area contributed by atoms with E-state index >= 15 is 0 Å². The molecule has 0 unspecified atom stereocenters. The Morgan fingerprint density at radius 2 is 1.08 bits per heavy atom. The van der Waals surface area contributed by atoms with Crippen LogP contribution in [0.2, 0.25) is 0 Å². The molecule has 24 heavy (non-hydrogen) atoms. The molecular weight excluding hydrogens is 300 g/mol. The van der Waals surface area contributed by atoms with Crippen molar-refractivity contribution in [3.63, 3.8) is 0 Å². The molecule has 0 atom stereocenters. The summed E-state index contributed by atoms with van der Waals surface area (Å²) in [6.45, 7) is 0. The molecule has 1 saturated carbocycles. The van der Waals surface area contributed by atoms with Crippen LogP contribution < -0.4 is 9.47 Å². The molecule has 1 aliphatic carbocycles. The molecule has 0 aromatic heterocycles. The van der Waals surface area contributed by atoms with Gasteiger partial charge in [-0.3, -0.25) is 4.79 Å². The van der Waals surface area contributed by atoms with E-state index in [1.54, 1.807) is 14.2 Å². The summed E-state index contributed by atoms with van der Waals surface area (Å²) in [7, 11) is 3.29. The van der Waals surface area contributed by atoms with Crippen LogP contribution in [0.15, 0.2) is 59.7 Å². The van der Waals surface area contributed by atoms with Crippen molar-refractivity contribution in [1.82, 2.24) is 0 Å². The van der Waals surface area contributed by atoms with Crippen molar-refractivity contribution in [3.05, 3.63) is 70.8 Å². The van der Waals surface area contributed by atoms with E-state index in [4.69, 9.17) is 9.47 Å². The van der Waals surface area contributed by atoms with E-state index in [0.717, 1.165) is 46.6 Å². The maximum Gasteiger partial charge on any atom is 0.185 e. The molecule has 3 heteroatoms. The minimum atomic E-state index is 0.140. The predicted octanol–water partition coefficient (Wildman–Crippen LogP) is 4.53. The molecule has 0 saturated heterocycles. The van der Waals surface area contributed by atoms with E-state index in [1.807, 2.05) is 60.7 Å². The van der Waals surface area contributed by atoms with Gasteiger partial charge in [-0.2, -0.15) is 0 Å². The Hall–Kier alpha value is -2.81. The Kier molecular flexibility index (Phi) is 4.80. The summed E-state index contributed by atoms with van der Waals surface area (Å²) in [5, 5.41) is 0. The molecule has 0 spiro atoms. The first-order valence-corrected chi connectivity index (χ1v) is 7.93. The highest BCUT2D eigenvalue weighted by atomic mass is 16.5. The zero-order valence-corrected chi connectivity index (χ0v) is 13.9. The molecule has 0 aliphatic heterocycles. The fourth-order valence-electron chi connectivity index (χ4n) is 2.78. The number of hydrogen-bond donors (Lipinski definition) is 0. The largest absolute Gasteiger partial charge is 0.497 e. The van der Waals surface area contributed by atoms with Crippen LogP contribution in [-0.2, 0) is 4.79 Å². The van der Waals surface area contributed by atoms with E-state index in [2.05, 4.69) is 0 Å². The molecule has 2 aromatic rings. The average molecular weight is 320 g/mol. The molecule has 3 rings (SSSR count). The van der Waals surface area contributed by atoms with Crippen LogP contribution in [0.1, 0.15) is 24.0 Å². The SMILES string of the molecule is COc1ccc(/C=C2\CC/C(=C\c3ccc(OC)cc3)C2=O)cc1. The second kappa shape index (κ2) is 7.18. The maximum absolute atomic E-state index is 12.6. The minimum absolute atomic E-state index is 0.140. The highest BCUT2D eigenvalue weighted by molar-refractivity contribution is 6.15. The van der Waals surface area contributed by atoms with E-state index in [1.165, 1.54) is 0 Å². The second-order valence-electron chi connectivity index (χ2n) is 5.71. The first-order valence-electron chi connectivity index (χ1n) is 7.93. The van der Waals surface area contributed by atoms with Crippen LogP contribution in [0.25, 0.3) is 12.2 Å². The highest BCUT2D eigenvalue weighted by Gasteiger charge is 2.22. The molecule has 122 valence electrons. The molecule has 0 radical (unpaired) electrons. The number of methoxy groups -OCH3 is 2. The minimum Gasteiger partial charge on any atom is -0.497 e. The molecular formula is C21H20O3. The van der Waals surface area contributed by atoms with Crippen molar-refractivity contribution in [2.45, 2.75) is 12.8 Å². The summed E-state index contributed by atoms with van der Waals surface area (Å²) < 4.78 is 10.3. The van der Waals surface area contributed by atoms with Crippen molar-refractivity contribution in [2.24, 2.45) is 0 Å². The number of rotatable bonds is 4. The van der Waals surface area contributed by atoms with Gasteiger partial charge in [-0.05, 0) is 60.4 Å². The van der Waals surface area contributed by atoms with Gasteiger partial charge in [-0.25, -0.2) is 0 Å². The van der Waals surface area contributed by atoms with Gasteiger partial charge in [0.25, 0.3) is 0 Å². The smallest absolute Gasteiger partial charge is 0.185 e. The summed E-state index contributed by atoms with van der Waals surface area (Å²) in [5.74, 6) is 1.77. The topological polar surface area (TPSA) is 35.5 Å². The molecule has 2 aromatic carbocycles. The molecule has 1 aliphatic rings. The quantitative estimate of drug-likeness (QED) is 0.776. The van der Waals surface area contributed by atoms with Gasteiger partial charge in [0.1, 0.15) is 11.5 Å². The lowest BCUT2D eigenvalue weighted by Crippen LogP contribution is -1.95. The summed E-state index contributed by atoms with van der Waals surface area (Å²) in [6.07, 6.45) is 5.51. The predicted molar refractivity (Wildman–Crippen MR) is 96.2 cm³/mol. The zero-order chi connectivity index (χ0) is 16.9. The molecule has 1 fully saturated rings. The standard InChI is InChI=1S/C21H20O3/c1-23-19-9-3-15(4-10-19)13-17-7-8-18(21(17)22)14-16-5-11-20(24-2)12-6-16/h3-6,9-14H,7-8H2,1-2H3/b17-13+,18-14+. The highest BCUT2D eigenvalue weighted by Crippen LogP contribution is 2.30. The third kappa shape index (κ3) is 3.57. The summed E-state index contributed by atoms with van der Waals surface area (Å²) in [5.41, 5.74) is 3.76. The normalized spacial score (nSPS) is 17.5. The molecule has 3 nitrogen and oxygen atoms in total. The van der Waals surface area contributed by atoms with E-state index in [-0.39, 0.29) is 5.78 Å². The summed E-state index contributed by atoms with van der Waals surface area (Å²) in [4.78, 5) is 12.6. The number of benzene rings is 2. The summed E-state index contributed by atoms with van der Waals surface area (Å²) >= 11 is 0. The van der Waals surface area contributed by atoms with Crippen LogP contribution in [0.4, 0.5) is 0 Å². The van der Waals surface area contributed by atoms with Crippen LogP contribution >= 0.6 is 0 Å². The number of ether oxygens (including phenoxy) is 2. The number of hydrogen-bond acceptors (Lipinski definition) is 3. The molecule has 0 amide bonds. The van der Waals surface area contributed by atoms with E-state index < -0.39 is 0 Å². The van der Waals surface area contributed by atoms with Gasteiger partial charge in [-0.1, -0.05) is 24.3 Å².